The van der Waals surface area contributed by atoms with Gasteiger partial charge in [-0.3, -0.25) is 9.59 Å². The van der Waals surface area contributed by atoms with Crippen LogP contribution in [0.25, 0.3) is 10.9 Å². The Balaban J connectivity index is 1.30. The number of rotatable bonds is 8. The topological polar surface area (TPSA) is 129 Å². The molecule has 0 saturated carbocycles. The number of hydrogen-bond acceptors (Lipinski definition) is 4. The predicted molar refractivity (Wildman–Crippen MR) is 129 cm³/mol. The number of aromatic nitrogens is 1. The first-order valence-corrected chi connectivity index (χ1v) is 11.6. The molecule has 8 nitrogen and oxygen atoms in total. The number of hydrogen-bond donors (Lipinski definition) is 4. The molecule has 2 amide bonds. The molecular formula is C26H30N4O4. The van der Waals surface area contributed by atoms with Crippen molar-refractivity contribution in [2.75, 3.05) is 13.1 Å². The normalized spacial score (nSPS) is 16.2. The molecule has 178 valence electrons. The Morgan fingerprint density at radius 2 is 1.71 bits per heavy atom. The minimum absolute atomic E-state index is 0.120. The number of carboxylic acid groups (broad SMARTS) is 1. The summed E-state index contributed by atoms with van der Waals surface area (Å²) in [7, 11) is 0. The first kappa shape index (κ1) is 23.5. The first-order chi connectivity index (χ1) is 16.4. The smallest absolute Gasteiger partial charge is 0.326 e. The van der Waals surface area contributed by atoms with Gasteiger partial charge in [-0.2, -0.15) is 0 Å². The standard InChI is InChI=1S/C26H30N4O4/c27-21(14-17-6-2-1-3-7-17)25(32)30-12-10-18(11-13-30)24(31)29-23(26(33)34)15-19-16-28-22-9-5-4-8-20(19)22/h1-9,16,18,21,23,28H,10-15,27H2,(H,29,31)(H,33,34)/t21-,23-/m0/s1. The Hall–Kier alpha value is -3.65. The van der Waals surface area contributed by atoms with Gasteiger partial charge >= 0.3 is 5.97 Å². The summed E-state index contributed by atoms with van der Waals surface area (Å²) in [5.74, 6) is -1.81. The molecule has 2 heterocycles. The van der Waals surface area contributed by atoms with E-state index in [4.69, 9.17) is 5.73 Å². The first-order valence-electron chi connectivity index (χ1n) is 11.6. The zero-order chi connectivity index (χ0) is 24.1. The maximum Gasteiger partial charge on any atom is 0.326 e. The SMILES string of the molecule is N[C@@H](Cc1ccccc1)C(=O)N1CCC(C(=O)N[C@@H](Cc2c[nH]c3ccccc23)C(=O)O)CC1. The zero-order valence-electron chi connectivity index (χ0n) is 18.9. The summed E-state index contributed by atoms with van der Waals surface area (Å²) in [5.41, 5.74) is 8.92. The number of benzene rings is 2. The van der Waals surface area contributed by atoms with E-state index in [-0.39, 0.29) is 24.2 Å². The van der Waals surface area contributed by atoms with E-state index in [1.54, 1.807) is 11.1 Å². The van der Waals surface area contributed by atoms with Gasteiger partial charge in [0.2, 0.25) is 11.8 Å². The summed E-state index contributed by atoms with van der Waals surface area (Å²) in [6.07, 6.45) is 3.41. The van der Waals surface area contributed by atoms with Crippen LogP contribution in [0.5, 0.6) is 0 Å². The number of likely N-dealkylation sites (tertiary alicyclic amines) is 1. The minimum atomic E-state index is -1.07. The Morgan fingerprint density at radius 1 is 1.03 bits per heavy atom. The maximum atomic E-state index is 12.8. The number of nitrogens with zero attached hydrogens (tertiary/aromatic N) is 1. The van der Waals surface area contributed by atoms with Gasteiger partial charge in [-0.25, -0.2) is 4.79 Å². The number of fused-ring (bicyclic) bond motifs is 1. The second kappa shape index (κ2) is 10.5. The monoisotopic (exact) mass is 462 g/mol. The van der Waals surface area contributed by atoms with Crippen LogP contribution in [-0.4, -0.2) is 57.9 Å². The van der Waals surface area contributed by atoms with E-state index in [2.05, 4.69) is 10.3 Å². The van der Waals surface area contributed by atoms with Crippen LogP contribution in [0, 0.1) is 5.92 Å². The van der Waals surface area contributed by atoms with E-state index in [0.29, 0.717) is 32.4 Å². The lowest BCUT2D eigenvalue weighted by Gasteiger charge is -2.33. The lowest BCUT2D eigenvalue weighted by Crippen LogP contribution is -2.51. The number of aliphatic carboxylic acids is 1. The third kappa shape index (κ3) is 5.46. The van der Waals surface area contributed by atoms with E-state index in [1.807, 2.05) is 54.6 Å². The summed E-state index contributed by atoms with van der Waals surface area (Å²) >= 11 is 0. The molecule has 34 heavy (non-hydrogen) atoms. The fraction of sp³-hybridized carbons (Fsp3) is 0.346. The second-order valence-corrected chi connectivity index (χ2v) is 8.86. The second-order valence-electron chi connectivity index (χ2n) is 8.86. The molecule has 1 fully saturated rings. The van der Waals surface area contributed by atoms with Crippen molar-refractivity contribution >= 4 is 28.7 Å². The molecular weight excluding hydrogens is 432 g/mol. The number of para-hydroxylation sites is 1. The van der Waals surface area contributed by atoms with Gasteiger partial charge in [0.05, 0.1) is 6.04 Å². The van der Waals surface area contributed by atoms with E-state index in [1.165, 1.54) is 0 Å². The molecule has 0 aliphatic carbocycles. The molecule has 4 rings (SSSR count). The average molecular weight is 463 g/mol. The number of H-pyrrole nitrogens is 1. The number of carbonyl (C=O) groups is 3. The fourth-order valence-corrected chi connectivity index (χ4v) is 4.56. The van der Waals surface area contributed by atoms with Gasteiger partial charge in [0.15, 0.2) is 0 Å². The third-order valence-corrected chi connectivity index (χ3v) is 6.51. The van der Waals surface area contributed by atoms with Gasteiger partial charge in [0.25, 0.3) is 0 Å². The van der Waals surface area contributed by atoms with Crippen molar-refractivity contribution in [3.63, 3.8) is 0 Å². The highest BCUT2D eigenvalue weighted by atomic mass is 16.4. The molecule has 0 bridgehead atoms. The maximum absolute atomic E-state index is 12.8. The van der Waals surface area contributed by atoms with Crippen LogP contribution in [0.2, 0.25) is 0 Å². The Kier molecular flexibility index (Phi) is 7.27. The van der Waals surface area contributed by atoms with E-state index in [0.717, 1.165) is 22.0 Å². The molecule has 1 aliphatic rings. The van der Waals surface area contributed by atoms with Crippen molar-refractivity contribution in [3.05, 3.63) is 71.9 Å². The van der Waals surface area contributed by atoms with E-state index in [9.17, 15) is 19.5 Å². The highest BCUT2D eigenvalue weighted by Gasteiger charge is 2.31. The highest BCUT2D eigenvalue weighted by molar-refractivity contribution is 5.88. The van der Waals surface area contributed by atoms with Gasteiger partial charge in [-0.15, -0.1) is 0 Å². The number of aromatic amines is 1. The molecule has 3 aromatic rings. The molecule has 2 atom stereocenters. The number of carboxylic acids is 1. The van der Waals surface area contributed by atoms with Crippen LogP contribution in [0.4, 0.5) is 0 Å². The summed E-state index contributed by atoms with van der Waals surface area (Å²) in [5, 5.41) is 13.4. The van der Waals surface area contributed by atoms with Gasteiger partial charge in [-0.1, -0.05) is 48.5 Å². The third-order valence-electron chi connectivity index (χ3n) is 6.51. The quantitative estimate of drug-likeness (QED) is 0.407. The van der Waals surface area contributed by atoms with Crippen LogP contribution in [0.1, 0.15) is 24.0 Å². The van der Waals surface area contributed by atoms with Crippen LogP contribution in [0.15, 0.2) is 60.8 Å². The van der Waals surface area contributed by atoms with Crippen LogP contribution >= 0.6 is 0 Å². The summed E-state index contributed by atoms with van der Waals surface area (Å²) in [4.78, 5) is 42.3. The van der Waals surface area contributed by atoms with Gasteiger partial charge in [-0.05, 0) is 36.5 Å². The van der Waals surface area contributed by atoms with Crippen molar-refractivity contribution in [1.29, 1.82) is 0 Å². The summed E-state index contributed by atoms with van der Waals surface area (Å²) < 4.78 is 0. The molecule has 2 aromatic carbocycles. The van der Waals surface area contributed by atoms with Gasteiger partial charge in [0, 0.05) is 42.5 Å². The molecule has 0 radical (unpaired) electrons. The molecule has 5 N–H and O–H groups in total. The van der Waals surface area contributed by atoms with Crippen molar-refractivity contribution in [2.45, 2.75) is 37.8 Å². The predicted octanol–water partition coefficient (Wildman–Crippen LogP) is 2.09. The Morgan fingerprint density at radius 3 is 2.41 bits per heavy atom. The Labute approximate surface area is 198 Å². The zero-order valence-corrected chi connectivity index (χ0v) is 18.9. The van der Waals surface area contributed by atoms with Crippen molar-refractivity contribution in [3.8, 4) is 0 Å². The summed E-state index contributed by atoms with van der Waals surface area (Å²) in [6.45, 7) is 0.860. The lowest BCUT2D eigenvalue weighted by atomic mass is 9.94. The van der Waals surface area contributed by atoms with E-state index < -0.39 is 18.1 Å². The van der Waals surface area contributed by atoms with E-state index >= 15 is 0 Å². The van der Waals surface area contributed by atoms with Crippen LogP contribution in [0.3, 0.4) is 0 Å². The Bertz CT molecular complexity index is 1150. The summed E-state index contributed by atoms with van der Waals surface area (Å²) in [6, 6.07) is 15.6. The van der Waals surface area contributed by atoms with Crippen LogP contribution in [-0.2, 0) is 27.2 Å². The molecule has 1 aliphatic heterocycles. The highest BCUT2D eigenvalue weighted by Crippen LogP contribution is 2.21. The average Bonchev–Trinajstić information content (AvgIpc) is 3.26. The van der Waals surface area contributed by atoms with Crippen molar-refractivity contribution in [1.82, 2.24) is 15.2 Å². The number of nitrogens with two attached hydrogens (primary N) is 1. The van der Waals surface area contributed by atoms with Gasteiger partial charge < -0.3 is 26.0 Å². The fourth-order valence-electron chi connectivity index (χ4n) is 4.56. The van der Waals surface area contributed by atoms with Gasteiger partial charge in [0.1, 0.15) is 6.04 Å². The van der Waals surface area contributed by atoms with Crippen LogP contribution < -0.4 is 11.1 Å². The number of carbonyl (C=O) groups excluding carboxylic acids is 2. The minimum Gasteiger partial charge on any atom is -0.480 e. The number of amides is 2. The molecule has 1 saturated heterocycles. The largest absolute Gasteiger partial charge is 0.480 e. The van der Waals surface area contributed by atoms with Crippen molar-refractivity contribution < 1.29 is 19.5 Å². The molecule has 0 unspecified atom stereocenters. The molecule has 1 aromatic heterocycles. The molecule has 8 heteroatoms. The lowest BCUT2D eigenvalue weighted by molar-refractivity contribution is -0.143. The van der Waals surface area contributed by atoms with Crippen molar-refractivity contribution in [2.24, 2.45) is 11.7 Å². The molecule has 0 spiro atoms. The number of piperidine rings is 1. The number of nitrogens with one attached hydrogen (secondary N) is 2.